The number of ether oxygens (including phenoxy) is 4. The monoisotopic (exact) mass is 625 g/mol. The summed E-state index contributed by atoms with van der Waals surface area (Å²) in [4.78, 5) is 18.7. The minimum Gasteiger partial charge on any atom is -0.494 e. The molecule has 1 amide bonds. The van der Waals surface area contributed by atoms with Gasteiger partial charge in [-0.15, -0.1) is 0 Å². The van der Waals surface area contributed by atoms with Gasteiger partial charge in [0.2, 0.25) is 5.90 Å². The number of aliphatic imine (C=N–C) groups is 1. The summed E-state index contributed by atoms with van der Waals surface area (Å²) in [6.07, 6.45) is 1.03. The maximum Gasteiger partial charge on any atom is 0.266 e. The van der Waals surface area contributed by atoms with Crippen molar-refractivity contribution in [2.45, 2.75) is 37.8 Å². The van der Waals surface area contributed by atoms with E-state index in [1.165, 1.54) is 0 Å². The zero-order chi connectivity index (χ0) is 29.2. The molecule has 0 radical (unpaired) electrons. The number of hydrogen-bond donors (Lipinski definition) is 3. The van der Waals surface area contributed by atoms with Gasteiger partial charge in [-0.25, -0.2) is 10.4 Å². The van der Waals surface area contributed by atoms with Crippen molar-refractivity contribution in [2.75, 3.05) is 34.0 Å². The standard InChI is InChI=1S/C31H36BrN3O6/c1-21-31(20-24-7-4-5-8-26(24)32,34-29(41-21)23-10-12-25(13-11-23)40-18-6-17-36)30(37)35-33-16-15-22-9-14-27(38-2)28(19-22)39-3/h4-5,7-14,19,21,33,36H,6,15-18,20H2,1-3H3,(H,35,37)/t21-,31-/m0/s1. The number of methoxy groups -OCH3 is 2. The lowest BCUT2D eigenvalue weighted by Gasteiger charge is -2.28. The fraction of sp³-hybridized carbons (Fsp3) is 0.355. The third-order valence-electron chi connectivity index (χ3n) is 6.93. The third-order valence-corrected chi connectivity index (χ3v) is 7.71. The van der Waals surface area contributed by atoms with Crippen LogP contribution < -0.4 is 25.1 Å². The minimum atomic E-state index is -1.20. The van der Waals surface area contributed by atoms with Crippen molar-refractivity contribution in [3.8, 4) is 17.2 Å². The van der Waals surface area contributed by atoms with Crippen LogP contribution in [0.15, 0.2) is 76.2 Å². The lowest BCUT2D eigenvalue weighted by Crippen LogP contribution is -2.56. The molecule has 3 aromatic carbocycles. The number of carbonyl (C=O) groups excluding carboxylic acids is 1. The van der Waals surface area contributed by atoms with Crippen LogP contribution in [0.3, 0.4) is 0 Å². The molecule has 1 aliphatic rings. The molecule has 0 fully saturated rings. The van der Waals surface area contributed by atoms with E-state index >= 15 is 0 Å². The summed E-state index contributed by atoms with van der Waals surface area (Å²) in [5.74, 6) is 2.12. The largest absolute Gasteiger partial charge is 0.494 e. The van der Waals surface area contributed by atoms with Crippen molar-refractivity contribution in [2.24, 2.45) is 4.99 Å². The van der Waals surface area contributed by atoms with Gasteiger partial charge in [-0.05, 0) is 66.9 Å². The van der Waals surface area contributed by atoms with Gasteiger partial charge in [0, 0.05) is 36.0 Å². The van der Waals surface area contributed by atoms with Crippen molar-refractivity contribution < 1.29 is 28.8 Å². The number of aliphatic hydroxyl groups excluding tert-OH is 1. The zero-order valence-electron chi connectivity index (χ0n) is 23.5. The lowest BCUT2D eigenvalue weighted by atomic mass is 9.86. The van der Waals surface area contributed by atoms with E-state index in [0.29, 0.717) is 55.6 Å². The smallest absolute Gasteiger partial charge is 0.266 e. The molecule has 41 heavy (non-hydrogen) atoms. The van der Waals surface area contributed by atoms with Crippen LogP contribution in [0, 0.1) is 0 Å². The Morgan fingerprint density at radius 2 is 1.83 bits per heavy atom. The van der Waals surface area contributed by atoms with E-state index in [0.717, 1.165) is 21.2 Å². The Kier molecular flexibility index (Phi) is 10.6. The Labute approximate surface area is 249 Å². The first kappa shape index (κ1) is 30.4. The topological polar surface area (TPSA) is 111 Å². The number of benzene rings is 3. The van der Waals surface area contributed by atoms with Crippen LogP contribution in [-0.4, -0.2) is 62.5 Å². The molecule has 0 saturated heterocycles. The number of halogens is 1. The van der Waals surface area contributed by atoms with E-state index in [4.69, 9.17) is 29.0 Å². The van der Waals surface area contributed by atoms with Crippen LogP contribution in [0.4, 0.5) is 0 Å². The van der Waals surface area contributed by atoms with Crippen molar-refractivity contribution in [1.29, 1.82) is 0 Å². The van der Waals surface area contributed by atoms with Gasteiger partial charge in [0.05, 0.1) is 20.8 Å². The van der Waals surface area contributed by atoms with Gasteiger partial charge in [0.15, 0.2) is 17.0 Å². The Hall–Kier alpha value is -3.60. The normalized spacial score (nSPS) is 17.9. The van der Waals surface area contributed by atoms with Crippen LogP contribution in [-0.2, 0) is 22.4 Å². The second-order valence-electron chi connectivity index (χ2n) is 9.64. The van der Waals surface area contributed by atoms with Crippen molar-refractivity contribution in [3.05, 3.63) is 87.9 Å². The van der Waals surface area contributed by atoms with Crippen molar-refractivity contribution in [1.82, 2.24) is 10.9 Å². The summed E-state index contributed by atoms with van der Waals surface area (Å²) in [7, 11) is 3.20. The molecule has 1 heterocycles. The number of amides is 1. The molecule has 0 saturated carbocycles. The van der Waals surface area contributed by atoms with E-state index in [1.807, 2.05) is 73.7 Å². The van der Waals surface area contributed by atoms with E-state index in [9.17, 15) is 4.79 Å². The van der Waals surface area contributed by atoms with Gasteiger partial charge >= 0.3 is 0 Å². The van der Waals surface area contributed by atoms with Gasteiger partial charge < -0.3 is 24.1 Å². The maximum absolute atomic E-state index is 13.8. The molecule has 218 valence electrons. The van der Waals surface area contributed by atoms with Gasteiger partial charge in [-0.2, -0.15) is 0 Å². The zero-order valence-corrected chi connectivity index (χ0v) is 25.1. The highest BCUT2D eigenvalue weighted by atomic mass is 79.9. The molecule has 0 unspecified atom stereocenters. The number of carbonyl (C=O) groups is 1. The number of hydrazine groups is 1. The molecular weight excluding hydrogens is 590 g/mol. The molecule has 0 spiro atoms. The van der Waals surface area contributed by atoms with Gasteiger partial charge in [-0.1, -0.05) is 40.2 Å². The fourth-order valence-corrected chi connectivity index (χ4v) is 4.99. The average Bonchev–Trinajstić information content (AvgIpc) is 3.33. The second-order valence-corrected chi connectivity index (χ2v) is 10.5. The quantitative estimate of drug-likeness (QED) is 0.182. The number of nitrogens with one attached hydrogen (secondary N) is 2. The summed E-state index contributed by atoms with van der Waals surface area (Å²) in [6, 6.07) is 20.9. The number of nitrogens with zero attached hydrogens (tertiary/aromatic N) is 1. The van der Waals surface area contributed by atoms with Gasteiger partial charge in [-0.3, -0.25) is 10.2 Å². The molecule has 0 aromatic heterocycles. The summed E-state index contributed by atoms with van der Waals surface area (Å²) in [5.41, 5.74) is 7.47. The van der Waals surface area contributed by atoms with E-state index < -0.39 is 11.6 Å². The van der Waals surface area contributed by atoms with Gasteiger partial charge in [0.25, 0.3) is 5.91 Å². The number of rotatable bonds is 14. The molecule has 10 heteroatoms. The van der Waals surface area contributed by atoms with E-state index in [2.05, 4.69) is 26.8 Å². The molecule has 2 atom stereocenters. The number of aliphatic hydroxyl groups is 1. The highest BCUT2D eigenvalue weighted by molar-refractivity contribution is 9.10. The fourth-order valence-electron chi connectivity index (χ4n) is 4.57. The molecule has 9 nitrogen and oxygen atoms in total. The highest BCUT2D eigenvalue weighted by Crippen LogP contribution is 2.34. The van der Waals surface area contributed by atoms with Crippen LogP contribution in [0.2, 0.25) is 0 Å². The molecule has 0 aliphatic carbocycles. The molecule has 0 bridgehead atoms. The van der Waals surface area contributed by atoms with Gasteiger partial charge in [0.1, 0.15) is 11.9 Å². The molecule has 3 N–H and O–H groups in total. The third kappa shape index (κ3) is 7.38. The van der Waals surface area contributed by atoms with Crippen molar-refractivity contribution >= 4 is 27.7 Å². The number of hydrogen-bond acceptors (Lipinski definition) is 8. The molecule has 3 aromatic rings. The Morgan fingerprint density at radius 3 is 2.54 bits per heavy atom. The highest BCUT2D eigenvalue weighted by Gasteiger charge is 2.50. The molecule has 4 rings (SSSR count). The minimum absolute atomic E-state index is 0.0768. The first-order chi connectivity index (χ1) is 19.9. The van der Waals surface area contributed by atoms with Crippen LogP contribution in [0.25, 0.3) is 0 Å². The Balaban J connectivity index is 1.50. The summed E-state index contributed by atoms with van der Waals surface area (Å²) in [5, 5.41) is 8.97. The van der Waals surface area contributed by atoms with E-state index in [1.54, 1.807) is 14.2 Å². The summed E-state index contributed by atoms with van der Waals surface area (Å²) >= 11 is 3.62. The predicted octanol–water partition coefficient (Wildman–Crippen LogP) is 4.24. The van der Waals surface area contributed by atoms with Crippen molar-refractivity contribution in [3.63, 3.8) is 0 Å². The molecular formula is C31H36BrN3O6. The van der Waals surface area contributed by atoms with Crippen LogP contribution in [0.1, 0.15) is 30.0 Å². The predicted molar refractivity (Wildman–Crippen MR) is 161 cm³/mol. The Morgan fingerprint density at radius 1 is 1.07 bits per heavy atom. The first-order valence-electron chi connectivity index (χ1n) is 13.5. The molecule has 1 aliphatic heterocycles. The maximum atomic E-state index is 13.8. The first-order valence-corrected chi connectivity index (χ1v) is 14.3. The Bertz CT molecular complexity index is 1350. The summed E-state index contributed by atoms with van der Waals surface area (Å²) in [6.45, 7) is 2.87. The summed E-state index contributed by atoms with van der Waals surface area (Å²) < 4.78 is 23.4. The second kappa shape index (κ2) is 14.3. The average molecular weight is 627 g/mol. The van der Waals surface area contributed by atoms with E-state index in [-0.39, 0.29) is 12.5 Å². The van der Waals surface area contributed by atoms with Crippen LogP contribution >= 0.6 is 15.9 Å². The van der Waals surface area contributed by atoms with Crippen LogP contribution in [0.5, 0.6) is 17.2 Å². The SMILES string of the molecule is COc1ccc(CCNNC(=O)[C@@]2(Cc3ccccc3Br)N=C(c3ccc(OCCCO)cc3)O[C@H]2C)cc1OC. The lowest BCUT2D eigenvalue weighted by molar-refractivity contribution is -0.129.